The number of methoxy groups -OCH3 is 1. The predicted octanol–water partition coefficient (Wildman–Crippen LogP) is 4.28. The molecule has 66 heavy (non-hydrogen) atoms. The van der Waals surface area contributed by atoms with Crippen LogP contribution in [0.1, 0.15) is 51.7 Å². The van der Waals surface area contributed by atoms with Crippen molar-refractivity contribution in [2.45, 2.75) is 36.1 Å². The minimum atomic E-state index is -2.07. The second-order valence-electron chi connectivity index (χ2n) is 15.8. The van der Waals surface area contributed by atoms with Crippen molar-refractivity contribution in [3.8, 4) is 17.6 Å². The lowest BCUT2D eigenvalue weighted by molar-refractivity contribution is -0.178. The van der Waals surface area contributed by atoms with Crippen molar-refractivity contribution < 1.29 is 48.0 Å². The first kappa shape index (κ1) is 45.0. The Morgan fingerprint density at radius 1 is 0.848 bits per heavy atom. The number of aliphatic hydroxyl groups excluding tert-OH is 1. The van der Waals surface area contributed by atoms with Gasteiger partial charge in [0.05, 0.1) is 43.4 Å². The molecule has 2 fully saturated rings. The molecule has 5 amide bonds. The third-order valence-electron chi connectivity index (χ3n) is 12.0. The Kier molecular flexibility index (Phi) is 13.7. The Hall–Kier alpha value is -7.58. The normalized spacial score (nSPS) is 21.8. The zero-order chi connectivity index (χ0) is 46.2. The number of aromatic nitrogens is 1. The number of anilines is 1. The number of pyridine rings is 1. The summed E-state index contributed by atoms with van der Waals surface area (Å²) >= 11 is 0. The summed E-state index contributed by atoms with van der Waals surface area (Å²) in [4.78, 5) is 80.2. The summed E-state index contributed by atoms with van der Waals surface area (Å²) in [6, 6.07) is 31.6. The maximum Gasteiger partial charge on any atom is 0.421 e. The molecule has 16 nitrogen and oxygen atoms in total. The van der Waals surface area contributed by atoms with E-state index >= 15 is 14.4 Å². The van der Waals surface area contributed by atoms with E-state index in [1.165, 1.54) is 7.11 Å². The van der Waals surface area contributed by atoms with Gasteiger partial charge in [0.15, 0.2) is 0 Å². The van der Waals surface area contributed by atoms with Crippen molar-refractivity contribution in [3.05, 3.63) is 161 Å². The van der Waals surface area contributed by atoms with E-state index in [4.69, 9.17) is 24.7 Å². The summed E-state index contributed by atoms with van der Waals surface area (Å²) in [6.07, 6.45) is 0.0228. The summed E-state index contributed by atoms with van der Waals surface area (Å²) in [5.74, 6) is 2.54. The number of rotatable bonds is 14. The van der Waals surface area contributed by atoms with Gasteiger partial charge in [0.2, 0.25) is 11.8 Å². The number of morpholine rings is 1. The van der Waals surface area contributed by atoms with Crippen molar-refractivity contribution >= 4 is 35.6 Å². The molecule has 5 aromatic rings. The molecule has 0 aliphatic carbocycles. The Labute approximate surface area is 381 Å². The number of hydrogen-bond donors (Lipinski definition) is 4. The number of hydrogen-bond acceptors (Lipinski definition) is 12. The Morgan fingerprint density at radius 3 is 2.26 bits per heavy atom. The van der Waals surface area contributed by atoms with Crippen molar-refractivity contribution in [2.75, 3.05) is 51.5 Å². The van der Waals surface area contributed by atoms with Crippen LogP contribution in [0.4, 0.5) is 15.3 Å². The minimum Gasteiger partial charge on any atom is -0.491 e. The van der Waals surface area contributed by atoms with E-state index in [2.05, 4.69) is 27.5 Å². The van der Waals surface area contributed by atoms with Gasteiger partial charge in [0, 0.05) is 37.5 Å². The molecule has 1 spiro atoms. The molecule has 0 saturated carbocycles. The van der Waals surface area contributed by atoms with Crippen LogP contribution < -0.4 is 26.0 Å². The SMILES string of the molecule is COCCOC(=O)N1C(=O)C2(c3cc(C#CCNC(N)=O)ccc31)C(C(=O)NCCc1ccccn1)C1C(=O)OC(c3ccccc3)C(c3ccccc3)N1C2c1ccc(OCCO)cc1. The van der Waals surface area contributed by atoms with Gasteiger partial charge >= 0.3 is 18.1 Å². The van der Waals surface area contributed by atoms with Gasteiger partial charge in [-0.15, -0.1) is 0 Å². The smallest absolute Gasteiger partial charge is 0.421 e. The zero-order valence-corrected chi connectivity index (χ0v) is 36.0. The third-order valence-corrected chi connectivity index (χ3v) is 12.0. The topological polar surface area (TPSA) is 212 Å². The summed E-state index contributed by atoms with van der Waals surface area (Å²) in [6.45, 7) is -0.368. The lowest BCUT2D eigenvalue weighted by Gasteiger charge is -2.46. The fourth-order valence-corrected chi connectivity index (χ4v) is 9.40. The van der Waals surface area contributed by atoms with Gasteiger partial charge < -0.3 is 40.4 Å². The second-order valence-corrected chi connectivity index (χ2v) is 15.8. The van der Waals surface area contributed by atoms with Crippen molar-refractivity contribution in [1.82, 2.24) is 20.5 Å². The van der Waals surface area contributed by atoms with E-state index in [9.17, 15) is 14.7 Å². The zero-order valence-electron chi connectivity index (χ0n) is 36.0. The molecule has 6 unspecified atom stereocenters. The number of nitrogens with two attached hydrogens (primary N) is 1. The molecule has 1 aromatic heterocycles. The monoisotopic (exact) mass is 892 g/mol. The number of ether oxygens (including phenoxy) is 4. The molecule has 0 bridgehead atoms. The van der Waals surface area contributed by atoms with E-state index in [1.807, 2.05) is 77.7 Å². The molecule has 338 valence electrons. The number of aliphatic hydroxyl groups is 1. The standard InChI is InChI=1S/C50H48N6O10/c1-63-29-30-65-49(62)55-39-22-17-32(11-10-25-54-48(51)61)31-38(39)50(47(55)60)40(45(58)53-26-23-36-16-8-9-24-52-36)42-46(59)66-43(34-14-6-3-7-15-34)41(33-12-4-2-5-13-33)56(42)44(50)35-18-20-37(21-19-35)64-28-27-57/h2-9,12-22,24,31,40-44,57H,23,25-30H2,1H3,(H,53,58)(H3,51,54,61). The number of urea groups is 1. The Bertz CT molecular complexity index is 2630. The third kappa shape index (κ3) is 8.66. The van der Waals surface area contributed by atoms with Crippen LogP contribution in [0.25, 0.3) is 0 Å². The lowest BCUT2D eigenvalue weighted by Crippen LogP contribution is -2.56. The first-order chi connectivity index (χ1) is 32.2. The molecule has 16 heteroatoms. The van der Waals surface area contributed by atoms with Gasteiger partial charge in [-0.3, -0.25) is 24.3 Å². The molecule has 3 aliphatic rings. The number of nitrogens with zero attached hydrogens (tertiary/aromatic N) is 3. The number of fused-ring (bicyclic) bond motifs is 3. The molecule has 8 rings (SSSR count). The summed E-state index contributed by atoms with van der Waals surface area (Å²) in [5.41, 5.74) is 6.55. The summed E-state index contributed by atoms with van der Waals surface area (Å²) < 4.78 is 23.1. The number of carbonyl (C=O) groups is 5. The van der Waals surface area contributed by atoms with Gasteiger partial charge in [0.25, 0.3) is 0 Å². The highest BCUT2D eigenvalue weighted by Crippen LogP contribution is 2.66. The Morgan fingerprint density at radius 2 is 1.58 bits per heavy atom. The van der Waals surface area contributed by atoms with Crippen molar-refractivity contribution in [1.29, 1.82) is 0 Å². The van der Waals surface area contributed by atoms with E-state index in [0.29, 0.717) is 34.6 Å². The van der Waals surface area contributed by atoms with Gasteiger partial charge in [-0.25, -0.2) is 14.5 Å². The average molecular weight is 893 g/mol. The molecule has 6 atom stereocenters. The Balaban J connectivity index is 1.41. The molecule has 4 heterocycles. The van der Waals surface area contributed by atoms with Gasteiger partial charge in [-0.2, -0.15) is 0 Å². The van der Waals surface area contributed by atoms with Crippen LogP contribution in [-0.4, -0.2) is 97.6 Å². The van der Waals surface area contributed by atoms with Crippen LogP contribution in [0.15, 0.2) is 128 Å². The van der Waals surface area contributed by atoms with Crippen LogP contribution in [0.2, 0.25) is 0 Å². The van der Waals surface area contributed by atoms with E-state index < -0.39 is 65.5 Å². The highest BCUT2D eigenvalue weighted by Gasteiger charge is 2.75. The molecular weight excluding hydrogens is 845 g/mol. The minimum absolute atomic E-state index is 0.0209. The van der Waals surface area contributed by atoms with Crippen molar-refractivity contribution in [3.63, 3.8) is 0 Å². The number of esters is 1. The quantitative estimate of drug-likeness (QED) is 0.0700. The fourth-order valence-electron chi connectivity index (χ4n) is 9.40. The largest absolute Gasteiger partial charge is 0.491 e. The molecule has 4 aromatic carbocycles. The van der Waals surface area contributed by atoms with Crippen molar-refractivity contribution in [2.24, 2.45) is 11.7 Å². The van der Waals surface area contributed by atoms with Crippen LogP contribution in [0.3, 0.4) is 0 Å². The van der Waals surface area contributed by atoms with Gasteiger partial charge in [0.1, 0.15) is 36.5 Å². The number of imide groups is 1. The number of cyclic esters (lactones) is 1. The summed E-state index contributed by atoms with van der Waals surface area (Å²) in [7, 11) is 1.45. The number of amides is 5. The van der Waals surface area contributed by atoms with Gasteiger partial charge in [-0.1, -0.05) is 90.7 Å². The first-order valence-electron chi connectivity index (χ1n) is 21.4. The second kappa shape index (κ2) is 20.1. The molecule has 3 aliphatic heterocycles. The lowest BCUT2D eigenvalue weighted by atomic mass is 9.65. The average Bonchev–Trinajstić information content (AvgIpc) is 3.79. The molecule has 2 saturated heterocycles. The number of carbonyl (C=O) groups excluding carboxylic acids is 5. The van der Waals surface area contributed by atoms with Gasteiger partial charge in [-0.05, 0) is 64.7 Å². The highest BCUT2D eigenvalue weighted by atomic mass is 16.6. The predicted molar refractivity (Wildman–Crippen MR) is 240 cm³/mol. The molecule has 5 N–H and O–H groups in total. The summed E-state index contributed by atoms with van der Waals surface area (Å²) in [5, 5.41) is 15.0. The van der Waals surface area contributed by atoms with E-state index in [0.717, 1.165) is 10.5 Å². The fraction of sp³-hybridized carbons (Fsp3) is 0.280. The number of nitrogens with one attached hydrogen (secondary N) is 2. The van der Waals surface area contributed by atoms with E-state index in [-0.39, 0.29) is 50.8 Å². The first-order valence-corrected chi connectivity index (χ1v) is 21.4. The van der Waals surface area contributed by atoms with E-state index in [1.54, 1.807) is 54.7 Å². The molecular formula is C50H48N6O10. The number of primary amides is 1. The number of benzene rings is 4. The van der Waals surface area contributed by atoms with Crippen LogP contribution in [-0.2, 0) is 40.4 Å². The maximum absolute atomic E-state index is 16.2. The highest BCUT2D eigenvalue weighted by molar-refractivity contribution is 6.23. The maximum atomic E-state index is 16.2. The van der Waals surface area contributed by atoms with Crippen LogP contribution in [0.5, 0.6) is 5.75 Å². The van der Waals surface area contributed by atoms with Crippen LogP contribution >= 0.6 is 0 Å². The molecule has 0 radical (unpaired) electrons. The van der Waals surface area contributed by atoms with Crippen LogP contribution in [0, 0.1) is 17.8 Å².